The van der Waals surface area contributed by atoms with E-state index in [-0.39, 0.29) is 0 Å². The van der Waals surface area contributed by atoms with Gasteiger partial charge < -0.3 is 15.1 Å². The second-order valence-corrected chi connectivity index (χ2v) is 6.64. The number of H-pyrrole nitrogens is 1. The normalized spacial score (nSPS) is 11.7. The van der Waals surface area contributed by atoms with Gasteiger partial charge in [0.1, 0.15) is 10.8 Å². The fourth-order valence-corrected chi connectivity index (χ4v) is 2.90. The van der Waals surface area contributed by atoms with E-state index in [1.165, 1.54) is 4.88 Å². The Bertz CT molecular complexity index is 806. The van der Waals surface area contributed by atoms with Crippen LogP contribution in [-0.4, -0.2) is 39.2 Å². The van der Waals surface area contributed by atoms with Gasteiger partial charge in [-0.15, -0.1) is 11.3 Å². The number of aryl methyl sites for hydroxylation is 1. The van der Waals surface area contributed by atoms with E-state index in [2.05, 4.69) is 35.8 Å². The summed E-state index contributed by atoms with van der Waals surface area (Å²) in [7, 11) is 0. The lowest BCUT2D eigenvalue weighted by Gasteiger charge is -2.10. The SMILES string of the molecule is CCNC(=NCc1ncc(C)s1)NCCc1nc(-c2ccco2)n[nH]1. The van der Waals surface area contributed by atoms with Crippen molar-refractivity contribution in [1.82, 2.24) is 30.8 Å². The molecule has 0 bridgehead atoms. The lowest BCUT2D eigenvalue weighted by Crippen LogP contribution is -2.38. The minimum Gasteiger partial charge on any atom is -0.461 e. The molecule has 0 aliphatic rings. The highest BCUT2D eigenvalue weighted by Gasteiger charge is 2.08. The summed E-state index contributed by atoms with van der Waals surface area (Å²) in [6, 6.07) is 3.65. The first-order chi connectivity index (χ1) is 12.2. The molecule has 0 spiro atoms. The number of rotatable bonds is 7. The molecule has 25 heavy (non-hydrogen) atoms. The number of aromatic amines is 1. The highest BCUT2D eigenvalue weighted by molar-refractivity contribution is 7.11. The van der Waals surface area contributed by atoms with Crippen molar-refractivity contribution in [3.05, 3.63) is 40.3 Å². The van der Waals surface area contributed by atoms with E-state index in [9.17, 15) is 0 Å². The average Bonchev–Trinajstić information content (AvgIpc) is 3.34. The van der Waals surface area contributed by atoms with Crippen molar-refractivity contribution in [2.45, 2.75) is 26.8 Å². The average molecular weight is 359 g/mol. The molecule has 3 rings (SSSR count). The van der Waals surface area contributed by atoms with Crippen LogP contribution >= 0.6 is 11.3 Å². The van der Waals surface area contributed by atoms with Crippen molar-refractivity contribution in [3.63, 3.8) is 0 Å². The summed E-state index contributed by atoms with van der Waals surface area (Å²) >= 11 is 1.66. The van der Waals surface area contributed by atoms with Crippen molar-refractivity contribution in [2.24, 2.45) is 4.99 Å². The molecule has 0 saturated heterocycles. The summed E-state index contributed by atoms with van der Waals surface area (Å²) in [6.45, 7) is 6.14. The maximum atomic E-state index is 5.29. The first kappa shape index (κ1) is 17.2. The zero-order valence-electron chi connectivity index (χ0n) is 14.2. The van der Waals surface area contributed by atoms with Gasteiger partial charge in [-0.1, -0.05) is 0 Å². The van der Waals surface area contributed by atoms with Crippen LogP contribution in [0.5, 0.6) is 0 Å². The Morgan fingerprint density at radius 2 is 2.32 bits per heavy atom. The fourth-order valence-electron chi connectivity index (χ4n) is 2.19. The molecule has 0 aliphatic heterocycles. The molecule has 0 atom stereocenters. The summed E-state index contributed by atoms with van der Waals surface area (Å²) in [6.07, 6.45) is 4.18. The minimum absolute atomic E-state index is 0.568. The number of hydrogen-bond donors (Lipinski definition) is 3. The second kappa shape index (κ2) is 8.43. The number of aromatic nitrogens is 4. The van der Waals surface area contributed by atoms with E-state index in [1.807, 2.05) is 32.2 Å². The summed E-state index contributed by atoms with van der Waals surface area (Å²) in [4.78, 5) is 14.5. The molecule has 0 amide bonds. The van der Waals surface area contributed by atoms with Gasteiger partial charge in [0.05, 0.1) is 12.8 Å². The molecule has 132 valence electrons. The van der Waals surface area contributed by atoms with Crippen molar-refractivity contribution in [2.75, 3.05) is 13.1 Å². The molecule has 3 aromatic rings. The molecule has 0 saturated carbocycles. The van der Waals surface area contributed by atoms with E-state index in [1.54, 1.807) is 17.6 Å². The molecule has 0 fully saturated rings. The Balaban J connectivity index is 1.51. The molecular formula is C16H21N7OS. The number of guanidine groups is 1. The monoisotopic (exact) mass is 359 g/mol. The van der Waals surface area contributed by atoms with Crippen LogP contribution in [0.15, 0.2) is 34.0 Å². The zero-order valence-corrected chi connectivity index (χ0v) is 15.1. The first-order valence-corrected chi connectivity index (χ1v) is 8.95. The number of aliphatic imine (C=N–C) groups is 1. The van der Waals surface area contributed by atoms with Crippen molar-refractivity contribution in [3.8, 4) is 11.6 Å². The Labute approximate surface area is 149 Å². The van der Waals surface area contributed by atoms with Crippen LogP contribution in [0.25, 0.3) is 11.6 Å². The number of nitrogens with zero attached hydrogens (tertiary/aromatic N) is 4. The molecule has 8 nitrogen and oxygen atoms in total. The quantitative estimate of drug-likeness (QED) is 0.441. The van der Waals surface area contributed by atoms with E-state index < -0.39 is 0 Å². The van der Waals surface area contributed by atoms with E-state index in [0.717, 1.165) is 23.3 Å². The van der Waals surface area contributed by atoms with Gasteiger partial charge in [0, 0.05) is 30.6 Å². The van der Waals surface area contributed by atoms with Gasteiger partial charge in [0.15, 0.2) is 11.7 Å². The van der Waals surface area contributed by atoms with E-state index in [0.29, 0.717) is 31.1 Å². The van der Waals surface area contributed by atoms with Crippen LogP contribution in [0.3, 0.4) is 0 Å². The van der Waals surface area contributed by atoms with Gasteiger partial charge in [-0.3, -0.25) is 5.10 Å². The zero-order chi connectivity index (χ0) is 17.5. The maximum absolute atomic E-state index is 5.29. The standard InChI is InChI=1S/C16H21N7OS/c1-3-17-16(20-10-14-19-9-11(2)25-14)18-7-6-13-21-15(23-22-13)12-5-4-8-24-12/h4-5,8-9H,3,6-7,10H2,1-2H3,(H2,17,18,20)(H,21,22,23). The summed E-state index contributed by atoms with van der Waals surface area (Å²) in [5, 5.41) is 14.6. The summed E-state index contributed by atoms with van der Waals surface area (Å²) < 4.78 is 5.29. The van der Waals surface area contributed by atoms with E-state index >= 15 is 0 Å². The van der Waals surface area contributed by atoms with Gasteiger partial charge >= 0.3 is 0 Å². The van der Waals surface area contributed by atoms with Gasteiger partial charge in [-0.05, 0) is 26.0 Å². The summed E-state index contributed by atoms with van der Waals surface area (Å²) in [5.74, 6) is 2.79. The lowest BCUT2D eigenvalue weighted by molar-refractivity contribution is 0.577. The van der Waals surface area contributed by atoms with Crippen LogP contribution < -0.4 is 10.6 Å². The number of furan rings is 1. The number of nitrogens with one attached hydrogen (secondary N) is 3. The highest BCUT2D eigenvalue weighted by Crippen LogP contribution is 2.14. The van der Waals surface area contributed by atoms with Crippen molar-refractivity contribution in [1.29, 1.82) is 0 Å². The topological polar surface area (TPSA) is 104 Å². The fraction of sp³-hybridized carbons (Fsp3) is 0.375. The lowest BCUT2D eigenvalue weighted by atomic mass is 10.4. The third-order valence-corrected chi connectivity index (χ3v) is 4.21. The predicted molar refractivity (Wildman–Crippen MR) is 97.5 cm³/mol. The van der Waals surface area contributed by atoms with Crippen molar-refractivity contribution >= 4 is 17.3 Å². The Morgan fingerprint density at radius 3 is 3.04 bits per heavy atom. The molecule has 9 heteroatoms. The Hall–Kier alpha value is -2.68. The molecule has 0 aromatic carbocycles. The minimum atomic E-state index is 0.568. The Kier molecular flexibility index (Phi) is 5.78. The molecule has 3 N–H and O–H groups in total. The third-order valence-electron chi connectivity index (χ3n) is 3.31. The third kappa shape index (κ3) is 4.90. The van der Waals surface area contributed by atoms with Crippen LogP contribution in [0.4, 0.5) is 0 Å². The van der Waals surface area contributed by atoms with Gasteiger partial charge in [0.2, 0.25) is 5.82 Å². The molecule has 0 unspecified atom stereocenters. The van der Waals surface area contributed by atoms with E-state index in [4.69, 9.17) is 4.42 Å². The molecule has 0 aliphatic carbocycles. The Morgan fingerprint density at radius 1 is 1.40 bits per heavy atom. The molecule has 0 radical (unpaired) electrons. The largest absolute Gasteiger partial charge is 0.461 e. The number of hydrogen-bond acceptors (Lipinski definition) is 6. The number of thiazole rings is 1. The smallest absolute Gasteiger partial charge is 0.216 e. The highest BCUT2D eigenvalue weighted by atomic mass is 32.1. The predicted octanol–water partition coefficient (Wildman–Crippen LogP) is 2.13. The molecule has 3 aromatic heterocycles. The van der Waals surface area contributed by atoms with Gasteiger partial charge in [-0.2, -0.15) is 5.10 Å². The van der Waals surface area contributed by atoms with Crippen LogP contribution in [0, 0.1) is 6.92 Å². The van der Waals surface area contributed by atoms with Crippen LogP contribution in [0.1, 0.15) is 22.6 Å². The molecule has 3 heterocycles. The van der Waals surface area contributed by atoms with Crippen molar-refractivity contribution < 1.29 is 4.42 Å². The maximum Gasteiger partial charge on any atom is 0.216 e. The summed E-state index contributed by atoms with van der Waals surface area (Å²) in [5.41, 5.74) is 0. The van der Waals surface area contributed by atoms with Gasteiger partial charge in [0.25, 0.3) is 0 Å². The van der Waals surface area contributed by atoms with Crippen LogP contribution in [0.2, 0.25) is 0 Å². The first-order valence-electron chi connectivity index (χ1n) is 8.13. The second-order valence-electron chi connectivity index (χ2n) is 5.32. The van der Waals surface area contributed by atoms with Crippen LogP contribution in [-0.2, 0) is 13.0 Å². The van der Waals surface area contributed by atoms with Gasteiger partial charge in [-0.25, -0.2) is 15.0 Å². The molecular weight excluding hydrogens is 338 g/mol.